The lowest BCUT2D eigenvalue weighted by molar-refractivity contribution is -0.0425. The Morgan fingerprint density at radius 2 is 1.82 bits per heavy atom. The first-order valence-corrected chi connectivity index (χ1v) is 7.64. The predicted octanol–water partition coefficient (Wildman–Crippen LogP) is 4.00. The van der Waals surface area contributed by atoms with Crippen LogP contribution in [0, 0.1) is 0 Å². The molecule has 0 aromatic heterocycles. The Bertz CT molecular complexity index is 883. The number of fused-ring (bicyclic) bond motifs is 5. The average Bonchev–Trinajstić information content (AvgIpc) is 2.81. The number of nitrogens with two attached hydrogens (primary N) is 1. The summed E-state index contributed by atoms with van der Waals surface area (Å²) in [7, 11) is 0. The van der Waals surface area contributed by atoms with Crippen LogP contribution in [0.3, 0.4) is 0 Å². The van der Waals surface area contributed by atoms with Gasteiger partial charge in [-0.1, -0.05) is 36.4 Å². The molecular weight excluding hydrogens is 274 g/mol. The van der Waals surface area contributed by atoms with Gasteiger partial charge in [0.2, 0.25) is 5.79 Å². The molecule has 3 nitrogen and oxygen atoms in total. The van der Waals surface area contributed by atoms with E-state index in [0.29, 0.717) is 6.54 Å². The third kappa shape index (κ3) is 1.93. The summed E-state index contributed by atoms with van der Waals surface area (Å²) in [5, 5.41) is 4.72. The molecule has 3 aromatic rings. The Hall–Kier alpha value is -2.26. The van der Waals surface area contributed by atoms with Crippen LogP contribution >= 0.6 is 0 Å². The van der Waals surface area contributed by atoms with Gasteiger partial charge in [-0.3, -0.25) is 0 Å². The first-order valence-electron chi connectivity index (χ1n) is 7.64. The molecule has 0 saturated carbocycles. The van der Waals surface area contributed by atoms with Gasteiger partial charge in [-0.05, 0) is 40.8 Å². The van der Waals surface area contributed by atoms with Crippen molar-refractivity contribution in [1.82, 2.24) is 0 Å². The van der Waals surface area contributed by atoms with E-state index in [9.17, 15) is 0 Å². The molecule has 0 atom stereocenters. The number of benzene rings is 3. The number of ether oxygens (including phenoxy) is 2. The number of hydrogen-bond acceptors (Lipinski definition) is 3. The smallest absolute Gasteiger partial charge is 0.246 e. The van der Waals surface area contributed by atoms with Gasteiger partial charge in [-0.25, -0.2) is 0 Å². The molecular formula is C19H19NO2. The Labute approximate surface area is 129 Å². The molecule has 3 aromatic carbocycles. The predicted molar refractivity (Wildman–Crippen MR) is 89.5 cm³/mol. The maximum atomic E-state index is 6.10. The van der Waals surface area contributed by atoms with Gasteiger partial charge in [0.1, 0.15) is 0 Å². The summed E-state index contributed by atoms with van der Waals surface area (Å²) in [4.78, 5) is 0. The van der Waals surface area contributed by atoms with Gasteiger partial charge in [-0.2, -0.15) is 0 Å². The van der Waals surface area contributed by atoms with E-state index in [-0.39, 0.29) is 0 Å². The summed E-state index contributed by atoms with van der Waals surface area (Å²) >= 11 is 0. The molecule has 0 saturated heterocycles. The van der Waals surface area contributed by atoms with Crippen molar-refractivity contribution in [2.75, 3.05) is 6.54 Å². The Morgan fingerprint density at radius 1 is 1.00 bits per heavy atom. The van der Waals surface area contributed by atoms with E-state index in [1.54, 1.807) is 0 Å². The minimum absolute atomic E-state index is 0.616. The van der Waals surface area contributed by atoms with Gasteiger partial charge in [0.15, 0.2) is 11.5 Å². The van der Waals surface area contributed by atoms with Gasteiger partial charge in [0, 0.05) is 19.2 Å². The van der Waals surface area contributed by atoms with Crippen LogP contribution in [0.5, 0.6) is 11.5 Å². The molecule has 2 N–H and O–H groups in total. The van der Waals surface area contributed by atoms with Gasteiger partial charge < -0.3 is 15.2 Å². The molecule has 1 aliphatic heterocycles. The zero-order valence-electron chi connectivity index (χ0n) is 12.8. The van der Waals surface area contributed by atoms with Crippen LogP contribution in [0.2, 0.25) is 0 Å². The molecule has 1 aliphatic rings. The molecule has 0 amide bonds. The molecule has 112 valence electrons. The van der Waals surface area contributed by atoms with E-state index in [4.69, 9.17) is 15.2 Å². The van der Waals surface area contributed by atoms with Gasteiger partial charge in [0.25, 0.3) is 0 Å². The molecule has 0 spiro atoms. The highest BCUT2D eigenvalue weighted by atomic mass is 16.7. The lowest BCUT2D eigenvalue weighted by Gasteiger charge is -2.16. The number of hydrogen-bond donors (Lipinski definition) is 1. The van der Waals surface area contributed by atoms with Crippen molar-refractivity contribution in [3.8, 4) is 11.5 Å². The fraction of sp³-hybridized carbons (Fsp3) is 0.263. The quantitative estimate of drug-likeness (QED) is 0.726. The first kappa shape index (κ1) is 13.4. The lowest BCUT2D eigenvalue weighted by atomic mass is 9.96. The van der Waals surface area contributed by atoms with Crippen LogP contribution in [-0.4, -0.2) is 12.3 Å². The van der Waals surface area contributed by atoms with Crippen molar-refractivity contribution >= 4 is 21.5 Å². The van der Waals surface area contributed by atoms with Crippen LogP contribution in [0.25, 0.3) is 21.5 Å². The third-order valence-electron chi connectivity index (χ3n) is 4.15. The summed E-state index contributed by atoms with van der Waals surface area (Å²) < 4.78 is 12.1. The molecule has 0 radical (unpaired) electrons. The van der Waals surface area contributed by atoms with Gasteiger partial charge in [0.05, 0.1) is 0 Å². The highest BCUT2D eigenvalue weighted by Crippen LogP contribution is 2.48. The van der Waals surface area contributed by atoms with Crippen LogP contribution in [-0.2, 0) is 6.42 Å². The topological polar surface area (TPSA) is 44.5 Å². The maximum Gasteiger partial charge on any atom is 0.246 e. The summed E-state index contributed by atoms with van der Waals surface area (Å²) in [5.41, 5.74) is 7.00. The second-order valence-corrected chi connectivity index (χ2v) is 6.21. The zero-order valence-corrected chi connectivity index (χ0v) is 12.8. The average molecular weight is 293 g/mol. The lowest BCUT2D eigenvalue weighted by Crippen LogP contribution is -2.29. The minimum Gasteiger partial charge on any atom is -0.449 e. The highest BCUT2D eigenvalue weighted by Gasteiger charge is 2.34. The van der Waals surface area contributed by atoms with E-state index < -0.39 is 5.79 Å². The summed E-state index contributed by atoms with van der Waals surface area (Å²) in [6.07, 6.45) is 0.825. The van der Waals surface area contributed by atoms with E-state index in [1.165, 1.54) is 21.7 Å². The standard InChI is InChI=1S/C19H19NO2/c1-19(2)21-16-11-13(9-10-20)15-8-7-12-5-3-4-6-14(12)17(15)18(16)22-19/h3-8,11H,9-10,20H2,1-2H3. The summed E-state index contributed by atoms with van der Waals surface area (Å²) in [6.45, 7) is 4.49. The van der Waals surface area contributed by atoms with Crippen LogP contribution in [0.1, 0.15) is 19.4 Å². The molecule has 0 bridgehead atoms. The van der Waals surface area contributed by atoms with E-state index in [0.717, 1.165) is 23.3 Å². The van der Waals surface area contributed by atoms with Crippen molar-refractivity contribution in [3.05, 3.63) is 48.0 Å². The van der Waals surface area contributed by atoms with E-state index in [2.05, 4.69) is 42.5 Å². The Balaban J connectivity index is 2.14. The van der Waals surface area contributed by atoms with Gasteiger partial charge in [-0.15, -0.1) is 0 Å². The number of rotatable bonds is 2. The third-order valence-corrected chi connectivity index (χ3v) is 4.15. The van der Waals surface area contributed by atoms with Crippen molar-refractivity contribution in [2.24, 2.45) is 5.73 Å². The monoisotopic (exact) mass is 293 g/mol. The molecule has 4 rings (SSSR count). The van der Waals surface area contributed by atoms with Crippen LogP contribution in [0.15, 0.2) is 42.5 Å². The van der Waals surface area contributed by atoms with Gasteiger partial charge >= 0.3 is 0 Å². The summed E-state index contributed by atoms with van der Waals surface area (Å²) in [6, 6.07) is 14.8. The van der Waals surface area contributed by atoms with Crippen LogP contribution in [0.4, 0.5) is 0 Å². The van der Waals surface area contributed by atoms with Crippen molar-refractivity contribution < 1.29 is 9.47 Å². The minimum atomic E-state index is -0.631. The van der Waals surface area contributed by atoms with Crippen LogP contribution < -0.4 is 15.2 Å². The molecule has 0 aliphatic carbocycles. The van der Waals surface area contributed by atoms with Crippen molar-refractivity contribution in [1.29, 1.82) is 0 Å². The highest BCUT2D eigenvalue weighted by molar-refractivity contribution is 6.12. The van der Waals surface area contributed by atoms with Crippen molar-refractivity contribution in [3.63, 3.8) is 0 Å². The second kappa shape index (κ2) is 4.62. The summed E-state index contributed by atoms with van der Waals surface area (Å²) in [5.74, 6) is 1.03. The Kier molecular flexibility index (Phi) is 2.81. The molecule has 1 heterocycles. The zero-order chi connectivity index (χ0) is 15.3. The molecule has 3 heteroatoms. The Morgan fingerprint density at radius 3 is 2.64 bits per heavy atom. The van der Waals surface area contributed by atoms with Crippen molar-refractivity contribution in [2.45, 2.75) is 26.1 Å². The van der Waals surface area contributed by atoms with E-state index in [1.807, 2.05) is 13.8 Å². The first-order chi connectivity index (χ1) is 10.6. The fourth-order valence-electron chi connectivity index (χ4n) is 3.28. The molecule has 22 heavy (non-hydrogen) atoms. The largest absolute Gasteiger partial charge is 0.449 e. The fourth-order valence-corrected chi connectivity index (χ4v) is 3.28. The maximum absolute atomic E-state index is 6.10. The normalized spacial score (nSPS) is 15.6. The molecule has 0 unspecified atom stereocenters. The molecule has 0 fully saturated rings. The van der Waals surface area contributed by atoms with E-state index >= 15 is 0 Å². The second-order valence-electron chi connectivity index (χ2n) is 6.21. The SMILES string of the molecule is CC1(C)Oc2cc(CCN)c3ccc4ccccc4c3c2O1.